The van der Waals surface area contributed by atoms with Gasteiger partial charge in [0.25, 0.3) is 0 Å². The Bertz CT molecular complexity index is 224. The van der Waals surface area contributed by atoms with Crippen molar-refractivity contribution in [1.82, 2.24) is 0 Å². The number of ketones is 1. The molecule has 0 rings (SSSR count). The fourth-order valence-electron chi connectivity index (χ4n) is 0.394. The van der Waals surface area contributed by atoms with Gasteiger partial charge in [-0.25, -0.2) is 0 Å². The first-order valence-electron chi connectivity index (χ1n) is 3.27. The molecule has 0 aliphatic rings. The van der Waals surface area contributed by atoms with Crippen molar-refractivity contribution in [3.63, 3.8) is 0 Å². The number of allylic oxidation sites excluding steroid dienone is 5. The summed E-state index contributed by atoms with van der Waals surface area (Å²) in [7, 11) is 0. The summed E-state index contributed by atoms with van der Waals surface area (Å²) in [5.41, 5.74) is 0.517. The van der Waals surface area contributed by atoms with Crippen LogP contribution in [0.25, 0.3) is 0 Å². The van der Waals surface area contributed by atoms with Gasteiger partial charge in [0.15, 0.2) is 5.78 Å². The molecule has 0 aliphatic heterocycles. The van der Waals surface area contributed by atoms with Crippen molar-refractivity contribution in [2.24, 2.45) is 0 Å². The van der Waals surface area contributed by atoms with Gasteiger partial charge in [0.1, 0.15) is 0 Å². The Morgan fingerprint density at radius 2 is 2.00 bits per heavy atom. The molecule has 0 saturated carbocycles. The van der Waals surface area contributed by atoms with Crippen LogP contribution in [0.15, 0.2) is 34.9 Å². The molecule has 0 aromatic heterocycles. The molecule has 60 valence electrons. The van der Waals surface area contributed by atoms with Gasteiger partial charge in [-0.15, -0.1) is 0 Å². The first-order chi connectivity index (χ1) is 5.07. The number of hydrogen-bond donors (Lipinski definition) is 0. The lowest BCUT2D eigenvalue weighted by Gasteiger charge is -1.90. The van der Waals surface area contributed by atoms with E-state index in [4.69, 9.17) is 0 Å². The highest BCUT2D eigenvalue weighted by Crippen LogP contribution is 2.07. The second kappa shape index (κ2) is 5.08. The SMILES string of the molecule is C=C(/C=C\C(Br)=C/C)C(C)=O. The highest BCUT2D eigenvalue weighted by Gasteiger charge is 1.92. The molecule has 0 N–H and O–H groups in total. The third kappa shape index (κ3) is 4.73. The fraction of sp³-hybridized carbons (Fsp3) is 0.222. The Balaban J connectivity index is 4.15. The maximum atomic E-state index is 10.7. The third-order valence-corrected chi connectivity index (χ3v) is 1.89. The van der Waals surface area contributed by atoms with Crippen molar-refractivity contribution in [1.29, 1.82) is 0 Å². The molecule has 0 bridgehead atoms. The molecular weight excluding hydrogens is 204 g/mol. The molecule has 0 aromatic carbocycles. The zero-order chi connectivity index (χ0) is 8.85. The van der Waals surface area contributed by atoms with Crippen LogP contribution in [-0.4, -0.2) is 5.78 Å². The number of halogens is 1. The fourth-order valence-corrected chi connectivity index (χ4v) is 0.526. The van der Waals surface area contributed by atoms with Gasteiger partial charge >= 0.3 is 0 Å². The molecule has 0 spiro atoms. The van der Waals surface area contributed by atoms with Crippen molar-refractivity contribution in [3.8, 4) is 0 Å². The second-order valence-electron chi connectivity index (χ2n) is 2.09. The van der Waals surface area contributed by atoms with E-state index in [0.29, 0.717) is 5.57 Å². The van der Waals surface area contributed by atoms with Crippen LogP contribution in [0.3, 0.4) is 0 Å². The summed E-state index contributed by atoms with van der Waals surface area (Å²) < 4.78 is 0.944. The van der Waals surface area contributed by atoms with Gasteiger partial charge in [0.2, 0.25) is 0 Å². The first-order valence-corrected chi connectivity index (χ1v) is 4.07. The molecule has 1 nitrogen and oxygen atoms in total. The molecule has 0 aliphatic carbocycles. The summed E-state index contributed by atoms with van der Waals surface area (Å²) in [6.45, 7) is 6.98. The van der Waals surface area contributed by atoms with Crippen LogP contribution in [0.4, 0.5) is 0 Å². The van der Waals surface area contributed by atoms with Gasteiger partial charge in [-0.2, -0.15) is 0 Å². The summed E-state index contributed by atoms with van der Waals surface area (Å²) in [5, 5.41) is 0. The lowest BCUT2D eigenvalue weighted by Crippen LogP contribution is -1.89. The van der Waals surface area contributed by atoms with Crippen LogP contribution in [0.1, 0.15) is 13.8 Å². The minimum atomic E-state index is -0.00217. The lowest BCUT2D eigenvalue weighted by molar-refractivity contribution is -0.113. The molecule has 0 unspecified atom stereocenters. The maximum absolute atomic E-state index is 10.7. The Morgan fingerprint density at radius 3 is 2.36 bits per heavy atom. The summed E-state index contributed by atoms with van der Waals surface area (Å²) in [4.78, 5) is 10.7. The van der Waals surface area contributed by atoms with Crippen molar-refractivity contribution < 1.29 is 4.79 Å². The van der Waals surface area contributed by atoms with E-state index in [9.17, 15) is 4.79 Å². The number of carbonyl (C=O) groups is 1. The van der Waals surface area contributed by atoms with E-state index in [1.165, 1.54) is 6.92 Å². The van der Waals surface area contributed by atoms with Gasteiger partial charge in [0, 0.05) is 10.1 Å². The van der Waals surface area contributed by atoms with Crippen LogP contribution >= 0.6 is 15.9 Å². The van der Waals surface area contributed by atoms with Crippen molar-refractivity contribution in [3.05, 3.63) is 34.9 Å². The predicted octanol–water partition coefficient (Wildman–Crippen LogP) is 2.99. The van der Waals surface area contributed by atoms with E-state index in [1.807, 2.05) is 13.0 Å². The van der Waals surface area contributed by atoms with E-state index in [0.717, 1.165) is 4.48 Å². The minimum absolute atomic E-state index is 0.00217. The number of hydrogen-bond acceptors (Lipinski definition) is 1. The van der Waals surface area contributed by atoms with Gasteiger partial charge < -0.3 is 0 Å². The topological polar surface area (TPSA) is 17.1 Å². The maximum Gasteiger partial charge on any atom is 0.159 e. The molecule has 0 fully saturated rings. The van der Waals surface area contributed by atoms with Crippen LogP contribution < -0.4 is 0 Å². The summed E-state index contributed by atoms with van der Waals surface area (Å²) in [5.74, 6) is -0.00217. The largest absolute Gasteiger partial charge is 0.295 e. The molecular formula is C9H11BrO. The molecule has 0 heterocycles. The number of Topliss-reactive ketones (excluding diaryl/α,β-unsaturated/α-hetero) is 1. The molecule has 11 heavy (non-hydrogen) atoms. The molecule has 0 aromatic rings. The molecule has 0 saturated heterocycles. The Kier molecular flexibility index (Phi) is 4.79. The third-order valence-electron chi connectivity index (χ3n) is 1.17. The second-order valence-corrected chi connectivity index (χ2v) is 3.00. The van der Waals surface area contributed by atoms with Crippen LogP contribution in [0, 0.1) is 0 Å². The number of carbonyl (C=O) groups excluding carboxylic acids is 1. The quantitative estimate of drug-likeness (QED) is 0.522. The Morgan fingerprint density at radius 1 is 1.45 bits per heavy atom. The summed E-state index contributed by atoms with van der Waals surface area (Å²) in [6.07, 6.45) is 5.38. The van der Waals surface area contributed by atoms with E-state index < -0.39 is 0 Å². The smallest absolute Gasteiger partial charge is 0.159 e. The Labute approximate surface area is 75.6 Å². The average molecular weight is 215 g/mol. The molecule has 2 heteroatoms. The van der Waals surface area contributed by atoms with Crippen LogP contribution in [-0.2, 0) is 4.79 Å². The first kappa shape index (κ1) is 10.4. The van der Waals surface area contributed by atoms with E-state index >= 15 is 0 Å². The van der Waals surface area contributed by atoms with Crippen molar-refractivity contribution in [2.75, 3.05) is 0 Å². The number of rotatable bonds is 3. The highest BCUT2D eigenvalue weighted by atomic mass is 79.9. The lowest BCUT2D eigenvalue weighted by atomic mass is 10.2. The zero-order valence-electron chi connectivity index (χ0n) is 6.73. The summed E-state index contributed by atoms with van der Waals surface area (Å²) >= 11 is 3.28. The Hall–Kier alpha value is -0.630. The molecule has 0 amide bonds. The van der Waals surface area contributed by atoms with Crippen molar-refractivity contribution >= 4 is 21.7 Å². The molecule has 0 radical (unpaired) electrons. The van der Waals surface area contributed by atoms with Gasteiger partial charge in [-0.1, -0.05) is 34.7 Å². The van der Waals surface area contributed by atoms with Crippen molar-refractivity contribution in [2.45, 2.75) is 13.8 Å². The van der Waals surface area contributed by atoms with Gasteiger partial charge in [-0.05, 0) is 19.9 Å². The van der Waals surface area contributed by atoms with Crippen LogP contribution in [0.2, 0.25) is 0 Å². The van der Waals surface area contributed by atoms with E-state index in [1.54, 1.807) is 12.2 Å². The van der Waals surface area contributed by atoms with Crippen LogP contribution in [0.5, 0.6) is 0 Å². The van der Waals surface area contributed by atoms with E-state index in [-0.39, 0.29) is 5.78 Å². The zero-order valence-corrected chi connectivity index (χ0v) is 8.31. The summed E-state index contributed by atoms with van der Waals surface area (Å²) in [6, 6.07) is 0. The van der Waals surface area contributed by atoms with E-state index in [2.05, 4.69) is 22.5 Å². The average Bonchev–Trinajstić information content (AvgIpc) is 1.99. The predicted molar refractivity (Wildman–Crippen MR) is 51.6 cm³/mol. The van der Waals surface area contributed by atoms with Gasteiger partial charge in [-0.3, -0.25) is 4.79 Å². The molecule has 0 atom stereocenters. The highest BCUT2D eigenvalue weighted by molar-refractivity contribution is 9.11. The normalized spacial score (nSPS) is 12.1. The standard InChI is InChI=1S/C9H11BrO/c1-4-9(10)6-5-7(2)8(3)11/h4-6H,2H2,1,3H3/b6-5-,9-4+. The van der Waals surface area contributed by atoms with Gasteiger partial charge in [0.05, 0.1) is 0 Å². The monoisotopic (exact) mass is 214 g/mol. The minimum Gasteiger partial charge on any atom is -0.295 e.